The fraction of sp³-hybridized carbons (Fsp3) is 0.400. The Morgan fingerprint density at radius 3 is 2.94 bits per heavy atom. The van der Waals surface area contributed by atoms with Gasteiger partial charge < -0.3 is 9.84 Å². The van der Waals surface area contributed by atoms with Crippen LogP contribution in [0.15, 0.2) is 18.2 Å². The molecule has 16 heavy (non-hydrogen) atoms. The third kappa shape index (κ3) is 2.41. The maximum Gasteiger partial charge on any atom is 0.233 e. The van der Waals surface area contributed by atoms with Crippen LogP contribution in [-0.4, -0.2) is 25.9 Å². The first kappa shape index (κ1) is 11.5. The molecule has 4 nitrogen and oxygen atoms in total. The molecule has 1 aromatic carbocycles. The molecule has 0 saturated heterocycles. The summed E-state index contributed by atoms with van der Waals surface area (Å²) in [6, 6.07) is 4.92. The van der Waals surface area contributed by atoms with Crippen LogP contribution in [0.4, 0.5) is 0 Å². The second-order valence-electron chi connectivity index (χ2n) is 3.74. The summed E-state index contributed by atoms with van der Waals surface area (Å²) in [5.74, 6) is 0.0700. The molecular weight excluding hydrogens is 252 g/mol. The average molecular weight is 263 g/mol. The topological polar surface area (TPSA) is 63.6 Å². The van der Waals surface area contributed by atoms with Crippen molar-refractivity contribution in [1.82, 2.24) is 0 Å². The zero-order valence-electron chi connectivity index (χ0n) is 8.39. The number of benzene rings is 1. The predicted molar refractivity (Wildman–Crippen MR) is 60.6 cm³/mol. The summed E-state index contributed by atoms with van der Waals surface area (Å²) in [7, 11) is 1.70. The van der Waals surface area contributed by atoms with Gasteiger partial charge >= 0.3 is 0 Å². The van der Waals surface area contributed by atoms with Gasteiger partial charge in [-0.3, -0.25) is 0 Å². The van der Waals surface area contributed by atoms with Crippen LogP contribution in [-0.2, 0) is 9.05 Å². The third-order valence-corrected chi connectivity index (χ3v) is 3.76. The van der Waals surface area contributed by atoms with Crippen molar-refractivity contribution in [3.05, 3.63) is 23.8 Å². The van der Waals surface area contributed by atoms with Gasteiger partial charge in [0.05, 0.1) is 12.4 Å². The van der Waals surface area contributed by atoms with E-state index in [1.165, 1.54) is 6.07 Å². The normalized spacial score (nSPS) is 19.9. The molecule has 0 aliphatic carbocycles. The van der Waals surface area contributed by atoms with Gasteiger partial charge in [-0.25, -0.2) is 8.42 Å². The van der Waals surface area contributed by atoms with Crippen molar-refractivity contribution in [2.24, 2.45) is 0 Å². The van der Waals surface area contributed by atoms with E-state index < -0.39 is 9.05 Å². The lowest BCUT2D eigenvalue weighted by Crippen LogP contribution is -2.19. The summed E-state index contributed by atoms with van der Waals surface area (Å²) >= 11 is 0. The van der Waals surface area contributed by atoms with Crippen LogP contribution < -0.4 is 4.74 Å². The molecule has 1 unspecified atom stereocenters. The van der Waals surface area contributed by atoms with Crippen molar-refractivity contribution in [1.29, 1.82) is 0 Å². The SMILES string of the molecule is O=S(=O)(Cl)CC1CCOc2c(O)cccc21. The summed E-state index contributed by atoms with van der Waals surface area (Å²) in [6.07, 6.45) is 0.586. The molecule has 2 rings (SSSR count). The number of ether oxygens (including phenoxy) is 1. The highest BCUT2D eigenvalue weighted by atomic mass is 35.7. The Morgan fingerprint density at radius 2 is 2.25 bits per heavy atom. The Balaban J connectivity index is 2.37. The van der Waals surface area contributed by atoms with E-state index in [9.17, 15) is 13.5 Å². The highest BCUT2D eigenvalue weighted by Crippen LogP contribution is 2.40. The van der Waals surface area contributed by atoms with Gasteiger partial charge in [0.15, 0.2) is 11.5 Å². The van der Waals surface area contributed by atoms with E-state index in [-0.39, 0.29) is 17.4 Å². The average Bonchev–Trinajstić information content (AvgIpc) is 2.17. The minimum atomic E-state index is -3.54. The quantitative estimate of drug-likeness (QED) is 0.826. The van der Waals surface area contributed by atoms with Crippen LogP contribution >= 0.6 is 10.7 Å². The summed E-state index contributed by atoms with van der Waals surface area (Å²) < 4.78 is 27.4. The summed E-state index contributed by atoms with van der Waals surface area (Å²) in [6.45, 7) is 0.391. The number of phenolic OH excluding ortho intramolecular Hbond substituents is 1. The lowest BCUT2D eigenvalue weighted by molar-refractivity contribution is 0.259. The molecule has 0 spiro atoms. The van der Waals surface area contributed by atoms with Crippen molar-refractivity contribution in [3.8, 4) is 11.5 Å². The molecule has 0 amide bonds. The van der Waals surface area contributed by atoms with Gasteiger partial charge in [-0.05, 0) is 12.5 Å². The number of hydrogen-bond donors (Lipinski definition) is 1. The van der Waals surface area contributed by atoms with Crippen LogP contribution in [0.5, 0.6) is 11.5 Å². The number of para-hydroxylation sites is 1. The van der Waals surface area contributed by atoms with Crippen molar-refractivity contribution in [3.63, 3.8) is 0 Å². The Morgan fingerprint density at radius 1 is 1.50 bits per heavy atom. The van der Waals surface area contributed by atoms with E-state index in [1.54, 1.807) is 12.1 Å². The second kappa shape index (κ2) is 4.14. The van der Waals surface area contributed by atoms with Gasteiger partial charge in [-0.2, -0.15) is 0 Å². The van der Waals surface area contributed by atoms with Gasteiger partial charge in [0.1, 0.15) is 0 Å². The first-order valence-electron chi connectivity index (χ1n) is 4.84. The standard InChI is InChI=1S/C10H11ClO4S/c11-16(13,14)6-7-4-5-15-10-8(7)2-1-3-9(10)12/h1-3,7,12H,4-6H2. The van der Waals surface area contributed by atoms with Crippen LogP contribution in [0, 0.1) is 0 Å². The number of phenols is 1. The first-order chi connectivity index (χ1) is 7.47. The van der Waals surface area contributed by atoms with Crippen molar-refractivity contribution in [2.45, 2.75) is 12.3 Å². The highest BCUT2D eigenvalue weighted by molar-refractivity contribution is 8.13. The van der Waals surface area contributed by atoms with Gasteiger partial charge in [-0.15, -0.1) is 0 Å². The Kier molecular flexibility index (Phi) is 2.99. The summed E-state index contributed by atoms with van der Waals surface area (Å²) in [5, 5.41) is 9.57. The molecule has 1 heterocycles. The van der Waals surface area contributed by atoms with Gasteiger partial charge in [0.2, 0.25) is 9.05 Å². The Bertz CT molecular complexity index is 498. The van der Waals surface area contributed by atoms with Crippen LogP contribution in [0.1, 0.15) is 17.9 Å². The number of aromatic hydroxyl groups is 1. The summed E-state index contributed by atoms with van der Waals surface area (Å²) in [5.41, 5.74) is 0.704. The first-order valence-corrected chi connectivity index (χ1v) is 7.32. The molecular formula is C10H11ClO4S. The minimum absolute atomic E-state index is 0.0363. The molecule has 0 aromatic heterocycles. The largest absolute Gasteiger partial charge is 0.504 e. The minimum Gasteiger partial charge on any atom is -0.504 e. The zero-order chi connectivity index (χ0) is 11.8. The van der Waals surface area contributed by atoms with Gasteiger partial charge in [-0.1, -0.05) is 12.1 Å². The van der Waals surface area contributed by atoms with Crippen LogP contribution in [0.2, 0.25) is 0 Å². The van der Waals surface area contributed by atoms with E-state index in [1.807, 2.05) is 0 Å². The number of fused-ring (bicyclic) bond motifs is 1. The van der Waals surface area contributed by atoms with E-state index in [0.29, 0.717) is 24.3 Å². The van der Waals surface area contributed by atoms with E-state index >= 15 is 0 Å². The zero-order valence-corrected chi connectivity index (χ0v) is 9.96. The number of rotatable bonds is 2. The molecule has 0 saturated carbocycles. The molecule has 1 aliphatic heterocycles. The maximum atomic E-state index is 11.1. The van der Waals surface area contributed by atoms with E-state index in [2.05, 4.69) is 0 Å². The monoisotopic (exact) mass is 262 g/mol. The Hall–Kier alpha value is -0.940. The van der Waals surface area contributed by atoms with Crippen LogP contribution in [0.3, 0.4) is 0 Å². The molecule has 1 aliphatic rings. The third-order valence-electron chi connectivity index (χ3n) is 2.58. The molecule has 6 heteroatoms. The lowest BCUT2D eigenvalue weighted by atomic mass is 9.95. The molecule has 88 valence electrons. The van der Waals surface area contributed by atoms with Gasteiger partial charge in [0, 0.05) is 22.2 Å². The fourth-order valence-electron chi connectivity index (χ4n) is 1.89. The summed E-state index contributed by atoms with van der Waals surface area (Å²) in [4.78, 5) is 0. The van der Waals surface area contributed by atoms with E-state index in [0.717, 1.165) is 0 Å². The number of halogens is 1. The molecule has 0 fully saturated rings. The second-order valence-corrected chi connectivity index (χ2v) is 6.56. The maximum absolute atomic E-state index is 11.1. The van der Waals surface area contributed by atoms with Crippen molar-refractivity contribution in [2.75, 3.05) is 12.4 Å². The molecule has 1 atom stereocenters. The van der Waals surface area contributed by atoms with E-state index in [4.69, 9.17) is 15.4 Å². The highest BCUT2D eigenvalue weighted by Gasteiger charge is 2.27. The molecule has 1 N–H and O–H groups in total. The molecule has 0 radical (unpaired) electrons. The molecule has 0 bridgehead atoms. The van der Waals surface area contributed by atoms with Crippen LogP contribution in [0.25, 0.3) is 0 Å². The van der Waals surface area contributed by atoms with Crippen molar-refractivity contribution < 1.29 is 18.3 Å². The van der Waals surface area contributed by atoms with Crippen molar-refractivity contribution >= 4 is 19.7 Å². The van der Waals surface area contributed by atoms with Gasteiger partial charge in [0.25, 0.3) is 0 Å². The number of hydrogen-bond acceptors (Lipinski definition) is 4. The predicted octanol–water partition coefficient (Wildman–Crippen LogP) is 1.83. The smallest absolute Gasteiger partial charge is 0.233 e. The lowest BCUT2D eigenvalue weighted by Gasteiger charge is -2.25. The Labute approximate surface area is 98.2 Å². The molecule has 1 aromatic rings. The fourth-order valence-corrected chi connectivity index (χ4v) is 3.18.